The summed E-state index contributed by atoms with van der Waals surface area (Å²) in [6.07, 6.45) is 7.33. The Labute approximate surface area is 120 Å². The molecule has 5 heteroatoms. The molecule has 0 aromatic carbocycles. The van der Waals surface area contributed by atoms with E-state index >= 15 is 0 Å². The van der Waals surface area contributed by atoms with Crippen LogP contribution < -0.4 is 4.74 Å². The van der Waals surface area contributed by atoms with Crippen molar-refractivity contribution in [2.75, 3.05) is 0 Å². The van der Waals surface area contributed by atoms with Crippen LogP contribution in [0.5, 0.6) is 5.75 Å². The van der Waals surface area contributed by atoms with Crippen molar-refractivity contribution in [2.45, 2.75) is 32.3 Å². The molecule has 0 aliphatic heterocycles. The molecule has 2 heterocycles. The summed E-state index contributed by atoms with van der Waals surface area (Å²) in [6.45, 7) is 2.10. The Balaban J connectivity index is 2.01. The molecule has 4 nitrogen and oxygen atoms in total. The van der Waals surface area contributed by atoms with Gasteiger partial charge in [0.05, 0.1) is 12.3 Å². The third-order valence-electron chi connectivity index (χ3n) is 3.79. The highest BCUT2D eigenvalue weighted by molar-refractivity contribution is 9.10. The van der Waals surface area contributed by atoms with Gasteiger partial charge in [0.25, 0.3) is 0 Å². The summed E-state index contributed by atoms with van der Waals surface area (Å²) in [6, 6.07) is 4.07. The maximum atomic E-state index is 9.15. The third-order valence-corrected chi connectivity index (χ3v) is 4.22. The molecule has 3 rings (SSSR count). The number of pyridine rings is 1. The Morgan fingerprint density at radius 1 is 1.58 bits per heavy atom. The lowest BCUT2D eigenvalue weighted by Crippen LogP contribution is -2.29. The second kappa shape index (κ2) is 4.86. The number of rotatable bonds is 3. The summed E-state index contributed by atoms with van der Waals surface area (Å²) in [5.74, 6) is 1.36. The maximum Gasteiger partial charge on any atom is 0.147 e. The largest absolute Gasteiger partial charge is 0.488 e. The monoisotopic (exact) mass is 319 g/mol. The quantitative estimate of drug-likeness (QED) is 0.869. The predicted molar refractivity (Wildman–Crippen MR) is 75.0 cm³/mol. The molecule has 1 atom stereocenters. The average Bonchev–Trinajstić information content (AvgIpc) is 2.69. The van der Waals surface area contributed by atoms with Crippen molar-refractivity contribution in [2.24, 2.45) is 5.92 Å². The Bertz CT molecular complexity index is 654. The summed E-state index contributed by atoms with van der Waals surface area (Å²) in [5, 5.41) is 13.3. The van der Waals surface area contributed by atoms with Crippen molar-refractivity contribution < 1.29 is 4.74 Å². The molecule has 98 valence electrons. The normalized spacial score (nSPS) is 16.9. The number of hydrogen-bond acceptors (Lipinski definition) is 3. The van der Waals surface area contributed by atoms with Crippen molar-refractivity contribution in [3.63, 3.8) is 0 Å². The van der Waals surface area contributed by atoms with E-state index < -0.39 is 0 Å². The van der Waals surface area contributed by atoms with E-state index in [1.807, 2.05) is 12.3 Å². The third kappa shape index (κ3) is 2.21. The number of nitrogens with zero attached hydrogens (tertiary/aromatic N) is 3. The summed E-state index contributed by atoms with van der Waals surface area (Å²) >= 11 is 3.45. The van der Waals surface area contributed by atoms with Crippen LogP contribution >= 0.6 is 15.9 Å². The van der Waals surface area contributed by atoms with Gasteiger partial charge in [0, 0.05) is 10.7 Å². The number of hydrogen-bond donors (Lipinski definition) is 0. The molecule has 1 aliphatic carbocycles. The summed E-state index contributed by atoms with van der Waals surface area (Å²) < 4.78 is 8.65. The minimum atomic E-state index is 0.174. The molecule has 0 saturated heterocycles. The molecule has 2 aromatic rings. The lowest BCUT2D eigenvalue weighted by molar-refractivity contribution is 0.0998. The fourth-order valence-corrected chi connectivity index (χ4v) is 2.83. The highest BCUT2D eigenvalue weighted by Crippen LogP contribution is 2.34. The Hall–Kier alpha value is -1.54. The van der Waals surface area contributed by atoms with E-state index in [0.717, 1.165) is 15.7 Å². The molecule has 0 N–H and O–H groups in total. The zero-order valence-electron chi connectivity index (χ0n) is 10.6. The Kier molecular flexibility index (Phi) is 3.19. The lowest BCUT2D eigenvalue weighted by atomic mass is 9.82. The van der Waals surface area contributed by atoms with Gasteiger partial charge in [0.1, 0.15) is 22.9 Å². The van der Waals surface area contributed by atoms with Crippen LogP contribution in [0, 0.1) is 17.2 Å². The average molecular weight is 320 g/mol. The van der Waals surface area contributed by atoms with Crippen molar-refractivity contribution >= 4 is 21.4 Å². The lowest BCUT2D eigenvalue weighted by Gasteiger charge is -2.31. The van der Waals surface area contributed by atoms with Gasteiger partial charge >= 0.3 is 0 Å². The molecular weight excluding hydrogens is 306 g/mol. The Morgan fingerprint density at radius 2 is 2.37 bits per heavy atom. The summed E-state index contributed by atoms with van der Waals surface area (Å²) in [7, 11) is 0. The van der Waals surface area contributed by atoms with Crippen LogP contribution in [0.1, 0.15) is 31.7 Å². The van der Waals surface area contributed by atoms with Crippen molar-refractivity contribution in [1.29, 1.82) is 5.26 Å². The highest BCUT2D eigenvalue weighted by atomic mass is 79.9. The molecule has 0 unspecified atom stereocenters. The van der Waals surface area contributed by atoms with Crippen LogP contribution in [0.15, 0.2) is 22.9 Å². The number of aromatic nitrogens is 2. The minimum Gasteiger partial charge on any atom is -0.488 e. The Morgan fingerprint density at radius 3 is 3.00 bits per heavy atom. The van der Waals surface area contributed by atoms with Gasteiger partial charge in [-0.3, -0.25) is 0 Å². The first kappa shape index (κ1) is 12.5. The fourth-order valence-electron chi connectivity index (χ4n) is 2.43. The van der Waals surface area contributed by atoms with Gasteiger partial charge in [-0.2, -0.15) is 10.4 Å². The van der Waals surface area contributed by atoms with E-state index in [9.17, 15) is 0 Å². The van der Waals surface area contributed by atoms with Crippen LogP contribution in [0.25, 0.3) is 5.52 Å². The molecule has 2 aromatic heterocycles. The first-order valence-electron chi connectivity index (χ1n) is 6.42. The fraction of sp³-hybridized carbons (Fsp3) is 0.429. The molecule has 0 radical (unpaired) electrons. The summed E-state index contributed by atoms with van der Waals surface area (Å²) in [5.41, 5.74) is 1.29. The topological polar surface area (TPSA) is 50.3 Å². The molecule has 0 amide bonds. The highest BCUT2D eigenvalue weighted by Gasteiger charge is 2.26. The van der Waals surface area contributed by atoms with Crippen LogP contribution in [-0.2, 0) is 0 Å². The zero-order chi connectivity index (χ0) is 13.4. The van der Waals surface area contributed by atoms with Crippen LogP contribution in [0.4, 0.5) is 0 Å². The van der Waals surface area contributed by atoms with Gasteiger partial charge in [-0.05, 0) is 47.7 Å². The number of halogens is 1. The molecule has 1 fully saturated rings. The van der Waals surface area contributed by atoms with E-state index in [1.165, 1.54) is 19.3 Å². The van der Waals surface area contributed by atoms with Gasteiger partial charge in [-0.15, -0.1) is 0 Å². The van der Waals surface area contributed by atoms with E-state index in [-0.39, 0.29) is 6.10 Å². The van der Waals surface area contributed by atoms with Crippen LogP contribution in [0.2, 0.25) is 0 Å². The predicted octanol–water partition coefficient (Wildman–Crippen LogP) is 3.54. The zero-order valence-corrected chi connectivity index (χ0v) is 12.2. The first-order chi connectivity index (χ1) is 9.19. The van der Waals surface area contributed by atoms with Crippen molar-refractivity contribution in [1.82, 2.24) is 9.61 Å². The van der Waals surface area contributed by atoms with Crippen LogP contribution in [-0.4, -0.2) is 15.7 Å². The number of fused-ring (bicyclic) bond motifs is 1. The standard InChI is InChI=1S/C14H14BrN3O/c1-9(10-3-2-4-10)19-13-5-12(15)8-18-14(13)11(6-16)7-17-18/h5,7-10H,2-4H2,1H3/t9-/m1/s1. The number of nitriles is 1. The van der Waals surface area contributed by atoms with E-state index in [0.29, 0.717) is 11.5 Å². The SMILES string of the molecule is C[C@@H](Oc1cc(Br)cn2ncc(C#N)c12)C1CCC1. The maximum absolute atomic E-state index is 9.15. The van der Waals surface area contributed by atoms with Gasteiger partial charge < -0.3 is 4.74 Å². The van der Waals surface area contributed by atoms with E-state index in [2.05, 4.69) is 34.0 Å². The van der Waals surface area contributed by atoms with Gasteiger partial charge in [-0.25, -0.2) is 4.52 Å². The molecule has 1 aliphatic rings. The first-order valence-corrected chi connectivity index (χ1v) is 7.22. The van der Waals surface area contributed by atoms with E-state index in [4.69, 9.17) is 10.00 Å². The molecule has 1 saturated carbocycles. The van der Waals surface area contributed by atoms with Crippen molar-refractivity contribution in [3.8, 4) is 11.8 Å². The van der Waals surface area contributed by atoms with E-state index in [1.54, 1.807) is 10.7 Å². The van der Waals surface area contributed by atoms with Crippen LogP contribution in [0.3, 0.4) is 0 Å². The minimum absolute atomic E-state index is 0.174. The second-order valence-electron chi connectivity index (χ2n) is 5.00. The van der Waals surface area contributed by atoms with Gasteiger partial charge in [0.15, 0.2) is 0 Å². The molecular formula is C14H14BrN3O. The molecule has 0 spiro atoms. The van der Waals surface area contributed by atoms with Gasteiger partial charge in [0.2, 0.25) is 0 Å². The van der Waals surface area contributed by atoms with Gasteiger partial charge in [-0.1, -0.05) is 6.42 Å². The molecule has 19 heavy (non-hydrogen) atoms. The number of ether oxygens (including phenoxy) is 1. The van der Waals surface area contributed by atoms with Crippen molar-refractivity contribution in [3.05, 3.63) is 28.5 Å². The smallest absolute Gasteiger partial charge is 0.147 e. The molecule has 0 bridgehead atoms. The summed E-state index contributed by atoms with van der Waals surface area (Å²) in [4.78, 5) is 0. The second-order valence-corrected chi connectivity index (χ2v) is 5.92.